The monoisotopic (exact) mass is 144 g/mol. The van der Waals surface area contributed by atoms with E-state index >= 15 is 0 Å². The van der Waals surface area contributed by atoms with Crippen LogP contribution in [0.2, 0.25) is 0 Å². The quantitative estimate of drug-likeness (QED) is 0.598. The number of pyridine rings is 1. The van der Waals surface area contributed by atoms with Crippen LogP contribution in [-0.2, 0) is 0 Å². The van der Waals surface area contributed by atoms with Gasteiger partial charge in [0.2, 0.25) is 0 Å². The van der Waals surface area contributed by atoms with Crippen molar-refractivity contribution in [3.8, 4) is 0 Å². The number of nitrogens with zero attached hydrogens (tertiary/aromatic N) is 1. The number of hydrogen-bond acceptors (Lipinski definition) is 2. The lowest BCUT2D eigenvalue weighted by atomic mass is 10.1. The van der Waals surface area contributed by atoms with Gasteiger partial charge in [0, 0.05) is 23.7 Å². The lowest BCUT2D eigenvalue weighted by Gasteiger charge is -2.12. The first-order chi connectivity index (χ1) is 5.38. The zero-order valence-corrected chi connectivity index (χ0v) is 6.04. The molecule has 1 aromatic rings. The molecule has 1 aliphatic heterocycles. The number of nitrogens with one attached hydrogen (secondary N) is 1. The van der Waals surface area contributed by atoms with E-state index in [1.165, 1.54) is 0 Å². The van der Waals surface area contributed by atoms with Crippen LogP contribution in [-0.4, -0.2) is 4.98 Å². The lowest BCUT2D eigenvalue weighted by molar-refractivity contribution is 1.16. The van der Waals surface area contributed by atoms with Crippen molar-refractivity contribution in [2.45, 2.75) is 0 Å². The maximum absolute atomic E-state index is 4.18. The molecule has 0 amide bonds. The van der Waals surface area contributed by atoms with Crippen LogP contribution >= 0.6 is 0 Å². The number of rotatable bonds is 0. The van der Waals surface area contributed by atoms with Gasteiger partial charge in [-0.3, -0.25) is 4.98 Å². The zero-order valence-electron chi connectivity index (χ0n) is 6.04. The zero-order chi connectivity index (χ0) is 7.68. The molecule has 1 aliphatic rings. The number of aromatic nitrogens is 1. The summed E-state index contributed by atoms with van der Waals surface area (Å²) in [5.41, 5.74) is 2.97. The largest absolute Gasteiger partial charge is 0.362 e. The van der Waals surface area contributed by atoms with Gasteiger partial charge in [-0.15, -0.1) is 0 Å². The molecule has 0 saturated carbocycles. The van der Waals surface area contributed by atoms with Crippen LogP contribution in [0.5, 0.6) is 0 Å². The van der Waals surface area contributed by atoms with Gasteiger partial charge in [0.15, 0.2) is 0 Å². The van der Waals surface area contributed by atoms with Crippen LogP contribution in [0.15, 0.2) is 31.1 Å². The molecule has 2 rings (SSSR count). The minimum Gasteiger partial charge on any atom is -0.362 e. The molecule has 1 N–H and O–H groups in total. The maximum Gasteiger partial charge on any atom is 0.0737 e. The molecule has 0 fully saturated rings. The first kappa shape index (κ1) is 6.16. The summed E-state index contributed by atoms with van der Waals surface area (Å²) in [7, 11) is 0. The summed E-state index contributed by atoms with van der Waals surface area (Å²) < 4.78 is 0. The molecule has 54 valence electrons. The maximum atomic E-state index is 4.18. The Bertz CT molecular complexity index is 326. The normalized spacial score (nSPS) is 14.0. The smallest absolute Gasteiger partial charge is 0.0737 e. The fourth-order valence-corrected chi connectivity index (χ4v) is 1.10. The second-order valence-electron chi connectivity index (χ2n) is 2.39. The van der Waals surface area contributed by atoms with Gasteiger partial charge < -0.3 is 5.32 Å². The van der Waals surface area contributed by atoms with Crippen LogP contribution < -0.4 is 5.32 Å². The van der Waals surface area contributed by atoms with E-state index in [2.05, 4.69) is 16.9 Å². The van der Waals surface area contributed by atoms with Crippen molar-refractivity contribution in [1.82, 2.24) is 10.3 Å². The Kier molecular flexibility index (Phi) is 1.25. The highest BCUT2D eigenvalue weighted by molar-refractivity contribution is 5.74. The number of fused-ring (bicyclic) bond motifs is 1. The molecule has 2 heterocycles. The van der Waals surface area contributed by atoms with E-state index in [-0.39, 0.29) is 0 Å². The average molecular weight is 144 g/mol. The summed E-state index contributed by atoms with van der Waals surface area (Å²) >= 11 is 0. The Morgan fingerprint density at radius 2 is 2.36 bits per heavy atom. The molecule has 2 nitrogen and oxygen atoms in total. The summed E-state index contributed by atoms with van der Waals surface area (Å²) in [6.07, 6.45) is 5.56. The summed E-state index contributed by atoms with van der Waals surface area (Å²) in [6, 6.07) is 3.91. The van der Waals surface area contributed by atoms with E-state index < -0.39 is 0 Å². The minimum absolute atomic E-state index is 0.913. The van der Waals surface area contributed by atoms with Crippen LogP contribution in [0.4, 0.5) is 0 Å². The van der Waals surface area contributed by atoms with Gasteiger partial charge in [-0.2, -0.15) is 0 Å². The molecule has 0 bridgehead atoms. The van der Waals surface area contributed by atoms with E-state index in [1.807, 2.05) is 24.4 Å². The fraction of sp³-hybridized carbons (Fsp3) is 0. The van der Waals surface area contributed by atoms with Gasteiger partial charge >= 0.3 is 0 Å². The number of hydrogen-bond donors (Lipinski definition) is 1. The van der Waals surface area contributed by atoms with Crippen molar-refractivity contribution < 1.29 is 0 Å². The molecule has 0 radical (unpaired) electrons. The highest BCUT2D eigenvalue weighted by atomic mass is 14.9. The third kappa shape index (κ3) is 0.923. The van der Waals surface area contributed by atoms with Crippen LogP contribution in [0.25, 0.3) is 11.8 Å². The van der Waals surface area contributed by atoms with E-state index in [1.54, 1.807) is 6.20 Å². The average Bonchev–Trinajstić information content (AvgIpc) is 2.06. The third-order valence-electron chi connectivity index (χ3n) is 1.66. The highest BCUT2D eigenvalue weighted by Gasteiger charge is 2.05. The molecule has 0 unspecified atom stereocenters. The Labute approximate surface area is 65.3 Å². The van der Waals surface area contributed by atoms with Crippen LogP contribution in [0.3, 0.4) is 0 Å². The van der Waals surface area contributed by atoms with Crippen molar-refractivity contribution in [1.29, 1.82) is 0 Å². The second kappa shape index (κ2) is 2.23. The molecule has 0 atom stereocenters. The second-order valence-corrected chi connectivity index (χ2v) is 2.39. The van der Waals surface area contributed by atoms with Crippen molar-refractivity contribution in [2.75, 3.05) is 0 Å². The Balaban J connectivity index is 2.63. The van der Waals surface area contributed by atoms with Crippen molar-refractivity contribution >= 4 is 11.8 Å². The lowest BCUT2D eigenvalue weighted by Crippen LogP contribution is -2.08. The Morgan fingerprint density at radius 3 is 3.18 bits per heavy atom. The van der Waals surface area contributed by atoms with Gasteiger partial charge in [0.05, 0.1) is 5.69 Å². The van der Waals surface area contributed by atoms with Gasteiger partial charge in [0.1, 0.15) is 0 Å². The van der Waals surface area contributed by atoms with E-state index in [0.717, 1.165) is 17.0 Å². The summed E-state index contributed by atoms with van der Waals surface area (Å²) in [4.78, 5) is 4.18. The van der Waals surface area contributed by atoms with E-state index in [4.69, 9.17) is 0 Å². The minimum atomic E-state index is 0.913. The van der Waals surface area contributed by atoms with Crippen LogP contribution in [0.1, 0.15) is 11.3 Å². The third-order valence-corrected chi connectivity index (χ3v) is 1.66. The Hall–Kier alpha value is -1.57. The predicted octanol–water partition coefficient (Wildman–Crippen LogP) is 1.63. The van der Waals surface area contributed by atoms with E-state index in [9.17, 15) is 0 Å². The molecular weight excluding hydrogens is 136 g/mol. The van der Waals surface area contributed by atoms with Gasteiger partial charge in [-0.05, 0) is 18.2 Å². The highest BCUT2D eigenvalue weighted by Crippen LogP contribution is 2.17. The summed E-state index contributed by atoms with van der Waals surface area (Å²) in [5, 5.41) is 3.02. The molecule has 0 aliphatic carbocycles. The Morgan fingerprint density at radius 1 is 1.45 bits per heavy atom. The van der Waals surface area contributed by atoms with Gasteiger partial charge in [0.25, 0.3) is 0 Å². The first-order valence-corrected chi connectivity index (χ1v) is 3.45. The molecule has 11 heavy (non-hydrogen) atoms. The predicted molar refractivity (Wildman–Crippen MR) is 45.4 cm³/mol. The molecule has 0 spiro atoms. The summed E-state index contributed by atoms with van der Waals surface area (Å²) in [6.45, 7) is 3.85. The van der Waals surface area contributed by atoms with Gasteiger partial charge in [-0.1, -0.05) is 6.58 Å². The molecule has 2 heteroatoms. The van der Waals surface area contributed by atoms with Crippen LogP contribution in [0, 0.1) is 0 Å². The molecule has 1 aromatic heterocycles. The summed E-state index contributed by atoms with van der Waals surface area (Å²) in [5.74, 6) is 0. The molecular formula is C9H8N2. The molecule has 0 saturated heterocycles. The topological polar surface area (TPSA) is 24.9 Å². The van der Waals surface area contributed by atoms with Crippen molar-refractivity contribution in [3.63, 3.8) is 0 Å². The van der Waals surface area contributed by atoms with E-state index in [0.29, 0.717) is 0 Å². The molecule has 0 aromatic carbocycles. The first-order valence-electron chi connectivity index (χ1n) is 3.45. The van der Waals surface area contributed by atoms with Crippen molar-refractivity contribution in [3.05, 3.63) is 42.4 Å². The fourth-order valence-electron chi connectivity index (χ4n) is 1.10. The van der Waals surface area contributed by atoms with Crippen molar-refractivity contribution in [2.24, 2.45) is 0 Å². The SMILES string of the molecule is C=C1NC=Cc2ncccc21. The standard InChI is InChI=1S/C9H8N2/c1-7-8-3-2-5-11-9(8)4-6-10-7/h2-6,10H,1H2. The van der Waals surface area contributed by atoms with Gasteiger partial charge in [-0.25, -0.2) is 0 Å².